The van der Waals surface area contributed by atoms with Crippen LogP contribution in [0.2, 0.25) is 0 Å². The fourth-order valence-corrected chi connectivity index (χ4v) is 1.53. The van der Waals surface area contributed by atoms with Gasteiger partial charge in [-0.25, -0.2) is 9.18 Å². The van der Waals surface area contributed by atoms with E-state index in [1.165, 1.54) is 12.1 Å². The number of nitro groups is 1. The summed E-state index contributed by atoms with van der Waals surface area (Å²) in [4.78, 5) is 20.6. The van der Waals surface area contributed by atoms with E-state index in [9.17, 15) is 19.3 Å². The molecule has 2 rings (SSSR count). The van der Waals surface area contributed by atoms with Crippen LogP contribution in [0.3, 0.4) is 0 Å². The Morgan fingerprint density at radius 2 is 2.15 bits per heavy atom. The third-order valence-electron chi connectivity index (χ3n) is 2.49. The molecule has 0 saturated carbocycles. The molecule has 1 aromatic heterocycles. The minimum atomic E-state index is -1.21. The van der Waals surface area contributed by atoms with Gasteiger partial charge in [0, 0.05) is 12.1 Å². The average molecular weight is 280 g/mol. The van der Waals surface area contributed by atoms with Crippen LogP contribution in [-0.4, -0.2) is 16.0 Å². The standard InChI is InChI=1S/C12H9FN2O5/c13-9-3-1-7(15(18)19)5-10(9)14-6-8-2-4-11(20-8)12(16)17/h1-5,14H,6H2,(H,16,17). The minimum absolute atomic E-state index is 0.00533. The summed E-state index contributed by atoms with van der Waals surface area (Å²) in [6.07, 6.45) is 0. The molecule has 0 aliphatic rings. The molecule has 0 bridgehead atoms. The fraction of sp³-hybridized carbons (Fsp3) is 0.0833. The third-order valence-corrected chi connectivity index (χ3v) is 2.49. The Hall–Kier alpha value is -2.90. The lowest BCUT2D eigenvalue weighted by molar-refractivity contribution is -0.384. The number of nitrogens with one attached hydrogen (secondary N) is 1. The normalized spacial score (nSPS) is 10.2. The zero-order chi connectivity index (χ0) is 14.7. The average Bonchev–Trinajstić information content (AvgIpc) is 2.86. The van der Waals surface area contributed by atoms with Crippen LogP contribution >= 0.6 is 0 Å². The first-order valence-corrected chi connectivity index (χ1v) is 5.47. The highest BCUT2D eigenvalue weighted by Gasteiger charge is 2.12. The van der Waals surface area contributed by atoms with Gasteiger partial charge in [0.2, 0.25) is 5.76 Å². The summed E-state index contributed by atoms with van der Waals surface area (Å²) in [5, 5.41) is 21.9. The molecule has 0 atom stereocenters. The Morgan fingerprint density at radius 1 is 1.40 bits per heavy atom. The maximum Gasteiger partial charge on any atom is 0.371 e. The van der Waals surface area contributed by atoms with Crippen LogP contribution in [0.15, 0.2) is 34.7 Å². The third kappa shape index (κ3) is 2.91. The van der Waals surface area contributed by atoms with Crippen LogP contribution in [0.25, 0.3) is 0 Å². The summed E-state index contributed by atoms with van der Waals surface area (Å²) in [6.45, 7) is 0.00533. The molecular weight excluding hydrogens is 271 g/mol. The number of furan rings is 1. The summed E-state index contributed by atoms with van der Waals surface area (Å²) in [7, 11) is 0. The van der Waals surface area contributed by atoms with Crippen LogP contribution in [0.5, 0.6) is 0 Å². The fourth-order valence-electron chi connectivity index (χ4n) is 1.53. The number of non-ortho nitro benzene ring substituents is 1. The van der Waals surface area contributed by atoms with Gasteiger partial charge >= 0.3 is 5.97 Å². The molecular formula is C12H9FN2O5. The van der Waals surface area contributed by atoms with E-state index in [1.54, 1.807) is 0 Å². The van der Waals surface area contributed by atoms with Crippen molar-refractivity contribution >= 4 is 17.3 Å². The topological polar surface area (TPSA) is 106 Å². The SMILES string of the molecule is O=C(O)c1ccc(CNc2cc([N+](=O)[O-])ccc2F)o1. The van der Waals surface area contributed by atoms with Crippen LogP contribution < -0.4 is 5.32 Å². The Morgan fingerprint density at radius 3 is 2.75 bits per heavy atom. The molecule has 0 saturated heterocycles. The van der Waals surface area contributed by atoms with E-state index in [1.807, 2.05) is 0 Å². The van der Waals surface area contributed by atoms with E-state index < -0.39 is 16.7 Å². The Balaban J connectivity index is 2.11. The van der Waals surface area contributed by atoms with Gasteiger partial charge in [-0.05, 0) is 18.2 Å². The number of anilines is 1. The molecule has 0 aliphatic carbocycles. The largest absolute Gasteiger partial charge is 0.475 e. The van der Waals surface area contributed by atoms with Crippen molar-refractivity contribution in [2.75, 3.05) is 5.32 Å². The van der Waals surface area contributed by atoms with Crippen LogP contribution in [0, 0.1) is 15.9 Å². The summed E-state index contributed by atoms with van der Waals surface area (Å²) < 4.78 is 18.4. The van der Waals surface area contributed by atoms with Crippen LogP contribution in [0.4, 0.5) is 15.8 Å². The summed E-state index contributed by atoms with van der Waals surface area (Å²) in [5.41, 5.74) is -0.313. The quantitative estimate of drug-likeness (QED) is 0.644. The van der Waals surface area contributed by atoms with Crippen molar-refractivity contribution in [2.45, 2.75) is 6.54 Å². The number of benzene rings is 1. The van der Waals surface area contributed by atoms with Crippen molar-refractivity contribution in [1.82, 2.24) is 0 Å². The van der Waals surface area contributed by atoms with Crippen molar-refractivity contribution in [3.05, 3.63) is 57.8 Å². The highest BCUT2D eigenvalue weighted by atomic mass is 19.1. The van der Waals surface area contributed by atoms with E-state index in [2.05, 4.69) is 5.32 Å². The van der Waals surface area contributed by atoms with E-state index in [-0.39, 0.29) is 29.4 Å². The lowest BCUT2D eigenvalue weighted by Gasteiger charge is -2.05. The molecule has 7 nitrogen and oxygen atoms in total. The van der Waals surface area contributed by atoms with Crippen molar-refractivity contribution in [3.8, 4) is 0 Å². The summed E-state index contributed by atoms with van der Waals surface area (Å²) >= 11 is 0. The molecule has 20 heavy (non-hydrogen) atoms. The number of hydrogen-bond acceptors (Lipinski definition) is 5. The minimum Gasteiger partial charge on any atom is -0.475 e. The second kappa shape index (κ2) is 5.39. The van der Waals surface area contributed by atoms with Gasteiger partial charge < -0.3 is 14.8 Å². The highest BCUT2D eigenvalue weighted by Crippen LogP contribution is 2.22. The number of nitro benzene ring substituents is 1. The first kappa shape index (κ1) is 13.5. The Kier molecular flexibility index (Phi) is 3.65. The molecule has 0 fully saturated rings. The number of hydrogen-bond donors (Lipinski definition) is 2. The predicted octanol–water partition coefficient (Wildman–Crippen LogP) is 2.64. The van der Waals surface area contributed by atoms with Crippen LogP contribution in [0.1, 0.15) is 16.3 Å². The number of rotatable bonds is 5. The van der Waals surface area contributed by atoms with Crippen molar-refractivity contribution in [2.24, 2.45) is 0 Å². The van der Waals surface area contributed by atoms with E-state index in [4.69, 9.17) is 9.52 Å². The zero-order valence-corrected chi connectivity index (χ0v) is 10.00. The molecule has 8 heteroatoms. The maximum atomic E-state index is 13.5. The van der Waals surface area contributed by atoms with Crippen molar-refractivity contribution in [3.63, 3.8) is 0 Å². The second-order valence-electron chi connectivity index (χ2n) is 3.85. The molecule has 2 N–H and O–H groups in total. The smallest absolute Gasteiger partial charge is 0.371 e. The predicted molar refractivity (Wildman–Crippen MR) is 66.0 cm³/mol. The zero-order valence-electron chi connectivity index (χ0n) is 10.00. The van der Waals surface area contributed by atoms with E-state index in [0.717, 1.165) is 18.2 Å². The number of halogens is 1. The lowest BCUT2D eigenvalue weighted by atomic mass is 10.2. The van der Waals surface area contributed by atoms with Gasteiger partial charge in [0.05, 0.1) is 17.2 Å². The first-order chi connectivity index (χ1) is 9.47. The molecule has 1 heterocycles. The summed E-state index contributed by atoms with van der Waals surface area (Å²) in [5.74, 6) is -1.83. The van der Waals surface area contributed by atoms with Crippen LogP contribution in [-0.2, 0) is 6.54 Å². The lowest BCUT2D eigenvalue weighted by Crippen LogP contribution is -2.01. The van der Waals surface area contributed by atoms with Crippen molar-refractivity contribution in [1.29, 1.82) is 0 Å². The Bertz CT molecular complexity index is 668. The number of carboxylic acids is 1. The van der Waals surface area contributed by atoms with Gasteiger partial charge in [-0.3, -0.25) is 10.1 Å². The van der Waals surface area contributed by atoms with Gasteiger partial charge in [-0.1, -0.05) is 0 Å². The highest BCUT2D eigenvalue weighted by molar-refractivity contribution is 5.84. The number of aromatic carboxylic acids is 1. The number of carbonyl (C=O) groups is 1. The first-order valence-electron chi connectivity index (χ1n) is 5.47. The molecule has 0 aliphatic heterocycles. The van der Waals surface area contributed by atoms with Gasteiger partial charge in [0.25, 0.3) is 5.69 Å². The Labute approximate surface area is 111 Å². The van der Waals surface area contributed by atoms with E-state index >= 15 is 0 Å². The molecule has 1 aromatic carbocycles. The van der Waals surface area contributed by atoms with Gasteiger partial charge in [-0.15, -0.1) is 0 Å². The monoisotopic (exact) mass is 280 g/mol. The number of nitrogens with zero attached hydrogens (tertiary/aromatic N) is 1. The number of carboxylic acid groups (broad SMARTS) is 1. The van der Waals surface area contributed by atoms with Gasteiger partial charge in [-0.2, -0.15) is 0 Å². The van der Waals surface area contributed by atoms with Gasteiger partial charge in [0.15, 0.2) is 0 Å². The molecule has 0 amide bonds. The molecule has 0 spiro atoms. The molecule has 104 valence electrons. The summed E-state index contributed by atoms with van der Waals surface area (Å²) in [6, 6.07) is 5.77. The maximum absolute atomic E-state index is 13.5. The van der Waals surface area contributed by atoms with E-state index in [0.29, 0.717) is 0 Å². The molecule has 0 radical (unpaired) electrons. The van der Waals surface area contributed by atoms with Gasteiger partial charge in [0.1, 0.15) is 11.6 Å². The molecule has 0 unspecified atom stereocenters. The van der Waals surface area contributed by atoms with Crippen molar-refractivity contribution < 1.29 is 23.6 Å². The second-order valence-corrected chi connectivity index (χ2v) is 3.85. The molecule has 2 aromatic rings.